The van der Waals surface area contributed by atoms with Gasteiger partial charge in [0.05, 0.1) is 12.6 Å². The Morgan fingerprint density at radius 3 is 2.72 bits per heavy atom. The highest BCUT2D eigenvalue weighted by atomic mass is 16.3. The number of amides is 1. The molecule has 3 heteroatoms. The fraction of sp³-hybridized carbons (Fsp3) is 0.533. The van der Waals surface area contributed by atoms with Crippen LogP contribution in [0.2, 0.25) is 0 Å². The molecule has 3 nitrogen and oxygen atoms in total. The highest BCUT2D eigenvalue weighted by Gasteiger charge is 2.29. The Kier molecular flexibility index (Phi) is 4.02. The van der Waals surface area contributed by atoms with E-state index < -0.39 is 0 Å². The van der Waals surface area contributed by atoms with E-state index in [1.54, 1.807) is 0 Å². The standard InChI is InChI=1S/C15H21NO2/c1-11(2)9-13(10-17)16-8-7-12-5-3-4-6-14(12)15(16)18/h3-6,11,13,17H,7-10H2,1-2H3. The molecule has 1 heterocycles. The van der Waals surface area contributed by atoms with Gasteiger partial charge in [-0.25, -0.2) is 0 Å². The van der Waals surface area contributed by atoms with Gasteiger partial charge in [-0.2, -0.15) is 0 Å². The first kappa shape index (κ1) is 13.1. The molecule has 0 radical (unpaired) electrons. The Labute approximate surface area is 108 Å². The fourth-order valence-electron chi connectivity index (χ4n) is 2.64. The summed E-state index contributed by atoms with van der Waals surface area (Å²) < 4.78 is 0. The molecule has 1 aliphatic rings. The number of nitrogens with zero attached hydrogens (tertiary/aromatic N) is 1. The molecule has 1 N–H and O–H groups in total. The number of carbonyl (C=O) groups is 1. The summed E-state index contributed by atoms with van der Waals surface area (Å²) in [6, 6.07) is 7.72. The van der Waals surface area contributed by atoms with E-state index in [9.17, 15) is 9.90 Å². The number of fused-ring (bicyclic) bond motifs is 1. The maximum atomic E-state index is 12.4. The van der Waals surface area contributed by atoms with Crippen LogP contribution in [0.25, 0.3) is 0 Å². The predicted octanol–water partition coefficient (Wildman–Crippen LogP) is 2.09. The summed E-state index contributed by atoms with van der Waals surface area (Å²) in [5, 5.41) is 9.50. The molecule has 2 rings (SSSR count). The van der Waals surface area contributed by atoms with E-state index in [2.05, 4.69) is 13.8 Å². The van der Waals surface area contributed by atoms with Gasteiger partial charge in [0.2, 0.25) is 0 Å². The van der Waals surface area contributed by atoms with E-state index in [4.69, 9.17) is 0 Å². The Bertz CT molecular complexity index is 428. The van der Waals surface area contributed by atoms with Gasteiger partial charge in [0.15, 0.2) is 0 Å². The van der Waals surface area contributed by atoms with Crippen LogP contribution in [-0.4, -0.2) is 35.1 Å². The number of hydrogen-bond acceptors (Lipinski definition) is 2. The molecule has 0 spiro atoms. The zero-order chi connectivity index (χ0) is 13.1. The quantitative estimate of drug-likeness (QED) is 0.885. The predicted molar refractivity (Wildman–Crippen MR) is 71.5 cm³/mol. The molecule has 0 bridgehead atoms. The van der Waals surface area contributed by atoms with Crippen molar-refractivity contribution < 1.29 is 9.90 Å². The first-order valence-corrected chi connectivity index (χ1v) is 6.63. The van der Waals surface area contributed by atoms with Crippen LogP contribution in [0.3, 0.4) is 0 Å². The first-order valence-electron chi connectivity index (χ1n) is 6.63. The van der Waals surface area contributed by atoms with Gasteiger partial charge in [-0.15, -0.1) is 0 Å². The van der Waals surface area contributed by atoms with E-state index >= 15 is 0 Å². The summed E-state index contributed by atoms with van der Waals surface area (Å²) in [6.45, 7) is 5.00. The van der Waals surface area contributed by atoms with Gasteiger partial charge in [-0.1, -0.05) is 32.0 Å². The highest BCUT2D eigenvalue weighted by molar-refractivity contribution is 5.96. The Morgan fingerprint density at radius 1 is 1.33 bits per heavy atom. The Balaban J connectivity index is 2.20. The van der Waals surface area contributed by atoms with Gasteiger partial charge in [-0.3, -0.25) is 4.79 Å². The molecule has 0 saturated heterocycles. The van der Waals surface area contributed by atoms with Crippen LogP contribution in [0.1, 0.15) is 36.2 Å². The van der Waals surface area contributed by atoms with Crippen molar-refractivity contribution in [3.63, 3.8) is 0 Å². The van der Waals surface area contributed by atoms with E-state index in [0.29, 0.717) is 12.5 Å². The third-order valence-corrected chi connectivity index (χ3v) is 3.53. The summed E-state index contributed by atoms with van der Waals surface area (Å²) in [7, 11) is 0. The molecule has 0 fully saturated rings. The summed E-state index contributed by atoms with van der Waals surface area (Å²) >= 11 is 0. The number of carbonyl (C=O) groups excluding carboxylic acids is 1. The van der Waals surface area contributed by atoms with Crippen molar-refractivity contribution in [2.75, 3.05) is 13.2 Å². The molecule has 1 aromatic rings. The van der Waals surface area contributed by atoms with Crippen LogP contribution in [0, 0.1) is 5.92 Å². The molecule has 1 aliphatic heterocycles. The lowest BCUT2D eigenvalue weighted by atomic mass is 9.95. The lowest BCUT2D eigenvalue weighted by molar-refractivity contribution is 0.0537. The van der Waals surface area contributed by atoms with Crippen molar-refractivity contribution in [1.29, 1.82) is 0 Å². The average Bonchev–Trinajstić information content (AvgIpc) is 2.37. The summed E-state index contributed by atoms with van der Waals surface area (Å²) in [6.07, 6.45) is 1.74. The minimum absolute atomic E-state index is 0.0477. The molecular weight excluding hydrogens is 226 g/mol. The van der Waals surface area contributed by atoms with Crippen LogP contribution < -0.4 is 0 Å². The number of hydrogen-bond donors (Lipinski definition) is 1. The van der Waals surface area contributed by atoms with Crippen LogP contribution in [0.5, 0.6) is 0 Å². The van der Waals surface area contributed by atoms with Crippen molar-refractivity contribution >= 4 is 5.91 Å². The number of rotatable bonds is 4. The van der Waals surface area contributed by atoms with E-state index in [1.807, 2.05) is 29.2 Å². The second kappa shape index (κ2) is 5.53. The van der Waals surface area contributed by atoms with Gasteiger partial charge in [0.25, 0.3) is 5.91 Å². The van der Waals surface area contributed by atoms with Crippen molar-refractivity contribution in [2.45, 2.75) is 32.7 Å². The molecule has 0 saturated carbocycles. The average molecular weight is 247 g/mol. The van der Waals surface area contributed by atoms with Crippen LogP contribution in [0.15, 0.2) is 24.3 Å². The zero-order valence-electron chi connectivity index (χ0n) is 11.1. The molecule has 1 amide bonds. The third kappa shape index (κ3) is 2.56. The van der Waals surface area contributed by atoms with E-state index in [-0.39, 0.29) is 18.6 Å². The SMILES string of the molecule is CC(C)CC(CO)N1CCc2ccccc2C1=O. The van der Waals surface area contributed by atoms with Gasteiger partial charge >= 0.3 is 0 Å². The number of aliphatic hydroxyl groups excluding tert-OH is 1. The van der Waals surface area contributed by atoms with E-state index in [0.717, 1.165) is 24.0 Å². The summed E-state index contributed by atoms with van der Waals surface area (Å²) in [4.78, 5) is 14.2. The fourth-order valence-corrected chi connectivity index (χ4v) is 2.64. The third-order valence-electron chi connectivity index (χ3n) is 3.53. The molecule has 0 aromatic heterocycles. The first-order chi connectivity index (χ1) is 8.63. The smallest absolute Gasteiger partial charge is 0.254 e. The number of aliphatic hydroxyl groups is 1. The normalized spacial score (nSPS) is 16.9. The van der Waals surface area contributed by atoms with Gasteiger partial charge < -0.3 is 10.0 Å². The minimum atomic E-state index is -0.0501. The van der Waals surface area contributed by atoms with Crippen molar-refractivity contribution in [3.05, 3.63) is 35.4 Å². The second-order valence-corrected chi connectivity index (χ2v) is 5.37. The zero-order valence-corrected chi connectivity index (χ0v) is 11.1. The van der Waals surface area contributed by atoms with Crippen LogP contribution in [-0.2, 0) is 6.42 Å². The Hall–Kier alpha value is -1.35. The summed E-state index contributed by atoms with van der Waals surface area (Å²) in [5.74, 6) is 0.545. The van der Waals surface area contributed by atoms with Crippen LogP contribution >= 0.6 is 0 Å². The maximum absolute atomic E-state index is 12.4. The van der Waals surface area contributed by atoms with Gasteiger partial charge in [0.1, 0.15) is 0 Å². The molecule has 1 atom stereocenters. The molecule has 18 heavy (non-hydrogen) atoms. The van der Waals surface area contributed by atoms with Gasteiger partial charge in [-0.05, 0) is 30.4 Å². The second-order valence-electron chi connectivity index (χ2n) is 5.37. The monoisotopic (exact) mass is 247 g/mol. The largest absolute Gasteiger partial charge is 0.394 e. The molecule has 98 valence electrons. The van der Waals surface area contributed by atoms with Crippen LogP contribution in [0.4, 0.5) is 0 Å². The molecular formula is C15H21NO2. The highest BCUT2D eigenvalue weighted by Crippen LogP contribution is 2.22. The Morgan fingerprint density at radius 2 is 2.06 bits per heavy atom. The maximum Gasteiger partial charge on any atom is 0.254 e. The molecule has 1 aromatic carbocycles. The van der Waals surface area contributed by atoms with E-state index in [1.165, 1.54) is 0 Å². The topological polar surface area (TPSA) is 40.5 Å². The van der Waals surface area contributed by atoms with Crippen molar-refractivity contribution in [1.82, 2.24) is 4.90 Å². The lowest BCUT2D eigenvalue weighted by Gasteiger charge is -2.35. The lowest BCUT2D eigenvalue weighted by Crippen LogP contribution is -2.47. The van der Waals surface area contributed by atoms with Gasteiger partial charge in [0, 0.05) is 12.1 Å². The molecule has 0 aliphatic carbocycles. The minimum Gasteiger partial charge on any atom is -0.394 e. The van der Waals surface area contributed by atoms with Crippen molar-refractivity contribution in [3.8, 4) is 0 Å². The van der Waals surface area contributed by atoms with Crippen molar-refractivity contribution in [2.24, 2.45) is 5.92 Å². The summed E-state index contributed by atoms with van der Waals surface area (Å²) in [5.41, 5.74) is 1.92. The number of benzene rings is 1. The molecule has 1 unspecified atom stereocenters.